The molecule has 4 heteroatoms. The zero-order valence-corrected chi connectivity index (χ0v) is 13.6. The molecule has 0 bridgehead atoms. The molecule has 0 spiro atoms. The first-order valence-electron chi connectivity index (χ1n) is 7.88. The van der Waals surface area contributed by atoms with Crippen molar-refractivity contribution in [1.29, 1.82) is 0 Å². The summed E-state index contributed by atoms with van der Waals surface area (Å²) in [6, 6.07) is 16.2. The summed E-state index contributed by atoms with van der Waals surface area (Å²) >= 11 is 0. The van der Waals surface area contributed by atoms with E-state index in [1.54, 1.807) is 24.1 Å². The molecule has 2 rings (SSSR count). The fourth-order valence-corrected chi connectivity index (χ4v) is 2.40. The lowest BCUT2D eigenvalue weighted by Crippen LogP contribution is -2.39. The van der Waals surface area contributed by atoms with Crippen LogP contribution >= 0.6 is 0 Å². The maximum Gasteiger partial charge on any atom is 0.317 e. The van der Waals surface area contributed by atoms with Crippen molar-refractivity contribution >= 4 is 6.03 Å². The standard InChI is InChI=1S/C19H23FN2O/c1-15(17-10-12-18(20)13-11-17)22(2)19(23)21-14-6-9-16-7-4-3-5-8-16/h3-5,7-8,10-13,15H,6,9,14H2,1-2H3,(H,21,23). The van der Waals surface area contributed by atoms with Gasteiger partial charge in [0.15, 0.2) is 0 Å². The molecule has 0 radical (unpaired) electrons. The van der Waals surface area contributed by atoms with E-state index in [2.05, 4.69) is 17.4 Å². The zero-order chi connectivity index (χ0) is 16.7. The van der Waals surface area contributed by atoms with Crippen LogP contribution in [0.5, 0.6) is 0 Å². The second kappa shape index (κ2) is 8.32. The third-order valence-corrected chi connectivity index (χ3v) is 4.01. The predicted molar refractivity (Wildman–Crippen MR) is 90.7 cm³/mol. The van der Waals surface area contributed by atoms with Crippen LogP contribution in [0.2, 0.25) is 0 Å². The molecule has 23 heavy (non-hydrogen) atoms. The normalized spacial score (nSPS) is 11.8. The van der Waals surface area contributed by atoms with Crippen LogP contribution in [0.3, 0.4) is 0 Å². The van der Waals surface area contributed by atoms with Crippen molar-refractivity contribution in [3.8, 4) is 0 Å². The van der Waals surface area contributed by atoms with Gasteiger partial charge in [-0.25, -0.2) is 9.18 Å². The summed E-state index contributed by atoms with van der Waals surface area (Å²) in [4.78, 5) is 13.8. The van der Waals surface area contributed by atoms with Gasteiger partial charge >= 0.3 is 6.03 Å². The summed E-state index contributed by atoms with van der Waals surface area (Å²) in [5, 5.41) is 2.93. The van der Waals surface area contributed by atoms with Gasteiger partial charge in [0, 0.05) is 13.6 Å². The molecule has 1 N–H and O–H groups in total. The average molecular weight is 314 g/mol. The Labute approximate surface area is 137 Å². The second-order valence-electron chi connectivity index (χ2n) is 5.66. The van der Waals surface area contributed by atoms with E-state index in [9.17, 15) is 9.18 Å². The summed E-state index contributed by atoms with van der Waals surface area (Å²) in [6.07, 6.45) is 1.84. The maximum atomic E-state index is 13.0. The van der Waals surface area contributed by atoms with Crippen molar-refractivity contribution in [3.63, 3.8) is 0 Å². The Balaban J connectivity index is 1.77. The van der Waals surface area contributed by atoms with Crippen LogP contribution in [-0.4, -0.2) is 24.5 Å². The van der Waals surface area contributed by atoms with Crippen LogP contribution in [0.4, 0.5) is 9.18 Å². The quantitative estimate of drug-likeness (QED) is 0.798. The molecule has 0 aliphatic heterocycles. The molecule has 2 aromatic rings. The summed E-state index contributed by atoms with van der Waals surface area (Å²) < 4.78 is 13.0. The van der Waals surface area contributed by atoms with E-state index in [-0.39, 0.29) is 17.9 Å². The number of nitrogens with one attached hydrogen (secondary N) is 1. The molecule has 0 saturated carbocycles. The van der Waals surface area contributed by atoms with Crippen LogP contribution in [0, 0.1) is 5.82 Å². The average Bonchev–Trinajstić information content (AvgIpc) is 2.59. The van der Waals surface area contributed by atoms with Crippen molar-refractivity contribution in [2.45, 2.75) is 25.8 Å². The molecule has 2 aromatic carbocycles. The van der Waals surface area contributed by atoms with Gasteiger partial charge < -0.3 is 10.2 Å². The molecule has 1 atom stereocenters. The molecule has 1 unspecified atom stereocenters. The van der Waals surface area contributed by atoms with Crippen molar-refractivity contribution in [3.05, 3.63) is 71.5 Å². The number of rotatable bonds is 6. The smallest absolute Gasteiger partial charge is 0.317 e. The second-order valence-corrected chi connectivity index (χ2v) is 5.66. The van der Waals surface area contributed by atoms with Gasteiger partial charge in [0.25, 0.3) is 0 Å². The number of amides is 2. The largest absolute Gasteiger partial charge is 0.338 e. The molecule has 0 aromatic heterocycles. The van der Waals surface area contributed by atoms with Crippen molar-refractivity contribution in [2.75, 3.05) is 13.6 Å². The topological polar surface area (TPSA) is 32.3 Å². The highest BCUT2D eigenvalue weighted by molar-refractivity contribution is 5.74. The van der Waals surface area contributed by atoms with Gasteiger partial charge in [-0.3, -0.25) is 0 Å². The van der Waals surface area contributed by atoms with E-state index >= 15 is 0 Å². The van der Waals surface area contributed by atoms with E-state index in [1.807, 2.05) is 25.1 Å². The zero-order valence-electron chi connectivity index (χ0n) is 13.6. The molecule has 0 fully saturated rings. The number of halogens is 1. The van der Waals surface area contributed by atoms with Crippen LogP contribution in [0.15, 0.2) is 54.6 Å². The fraction of sp³-hybridized carbons (Fsp3) is 0.316. The molecule has 0 aliphatic carbocycles. The Hall–Kier alpha value is -2.36. The minimum absolute atomic E-state index is 0.107. The summed E-state index contributed by atoms with van der Waals surface area (Å²) in [5.74, 6) is -0.269. The van der Waals surface area contributed by atoms with Crippen molar-refractivity contribution in [2.24, 2.45) is 0 Å². The van der Waals surface area contributed by atoms with Crippen LogP contribution in [-0.2, 0) is 6.42 Å². The molecule has 3 nitrogen and oxygen atoms in total. The number of carbonyl (C=O) groups is 1. The lowest BCUT2D eigenvalue weighted by Gasteiger charge is -2.25. The Kier molecular flexibility index (Phi) is 6.15. The minimum Gasteiger partial charge on any atom is -0.338 e. The van der Waals surface area contributed by atoms with E-state index < -0.39 is 0 Å². The Bertz CT molecular complexity index is 613. The van der Waals surface area contributed by atoms with Crippen LogP contribution in [0.1, 0.15) is 30.5 Å². The number of urea groups is 1. The van der Waals surface area contributed by atoms with Gasteiger partial charge in [0.05, 0.1) is 6.04 Å². The van der Waals surface area contributed by atoms with E-state index in [0.29, 0.717) is 6.54 Å². The molecule has 122 valence electrons. The first kappa shape index (κ1) is 17.0. The van der Waals surface area contributed by atoms with Gasteiger partial charge in [-0.1, -0.05) is 42.5 Å². The summed E-state index contributed by atoms with van der Waals surface area (Å²) in [7, 11) is 1.75. The van der Waals surface area contributed by atoms with Gasteiger partial charge in [-0.2, -0.15) is 0 Å². The number of nitrogens with zero attached hydrogens (tertiary/aromatic N) is 1. The van der Waals surface area contributed by atoms with Gasteiger partial charge in [-0.05, 0) is 43.0 Å². The highest BCUT2D eigenvalue weighted by atomic mass is 19.1. The minimum atomic E-state index is -0.269. The molecule has 0 saturated heterocycles. The van der Waals surface area contributed by atoms with Gasteiger partial charge in [0.1, 0.15) is 5.82 Å². The molecule has 2 amide bonds. The lowest BCUT2D eigenvalue weighted by molar-refractivity contribution is 0.194. The van der Waals surface area contributed by atoms with Crippen molar-refractivity contribution in [1.82, 2.24) is 10.2 Å². The number of hydrogen-bond donors (Lipinski definition) is 1. The SMILES string of the molecule is CC(c1ccc(F)cc1)N(C)C(=O)NCCCc1ccccc1. The number of carbonyl (C=O) groups excluding carboxylic acids is 1. The summed E-state index contributed by atoms with van der Waals surface area (Å²) in [5.41, 5.74) is 2.18. The monoisotopic (exact) mass is 314 g/mol. The van der Waals surface area contributed by atoms with Crippen LogP contribution < -0.4 is 5.32 Å². The third kappa shape index (κ3) is 5.09. The molecular formula is C19H23FN2O. The Morgan fingerprint density at radius 3 is 2.43 bits per heavy atom. The lowest BCUT2D eigenvalue weighted by atomic mass is 10.1. The Morgan fingerprint density at radius 2 is 1.78 bits per heavy atom. The predicted octanol–water partition coefficient (Wildman–Crippen LogP) is 4.16. The number of benzene rings is 2. The number of aryl methyl sites for hydroxylation is 1. The molecule has 0 heterocycles. The highest BCUT2D eigenvalue weighted by Gasteiger charge is 2.16. The van der Waals surface area contributed by atoms with Crippen LogP contribution in [0.25, 0.3) is 0 Å². The number of hydrogen-bond acceptors (Lipinski definition) is 1. The Morgan fingerprint density at radius 1 is 1.13 bits per heavy atom. The summed E-state index contributed by atoms with van der Waals surface area (Å²) in [6.45, 7) is 2.56. The first-order valence-corrected chi connectivity index (χ1v) is 7.88. The first-order chi connectivity index (χ1) is 11.1. The molecule has 0 aliphatic rings. The maximum absolute atomic E-state index is 13.0. The van der Waals surface area contributed by atoms with E-state index in [1.165, 1.54) is 17.7 Å². The van der Waals surface area contributed by atoms with Gasteiger partial charge in [-0.15, -0.1) is 0 Å². The third-order valence-electron chi connectivity index (χ3n) is 4.01. The van der Waals surface area contributed by atoms with E-state index in [0.717, 1.165) is 18.4 Å². The van der Waals surface area contributed by atoms with Crippen molar-refractivity contribution < 1.29 is 9.18 Å². The van der Waals surface area contributed by atoms with Gasteiger partial charge in [0.2, 0.25) is 0 Å². The highest BCUT2D eigenvalue weighted by Crippen LogP contribution is 2.18. The van der Waals surface area contributed by atoms with E-state index in [4.69, 9.17) is 0 Å². The fourth-order valence-electron chi connectivity index (χ4n) is 2.40. The molecular weight excluding hydrogens is 291 g/mol.